The third-order valence-electron chi connectivity index (χ3n) is 2.87. The van der Waals surface area contributed by atoms with Crippen LogP contribution in [0.1, 0.15) is 11.6 Å². The summed E-state index contributed by atoms with van der Waals surface area (Å²) >= 11 is 3.32. The van der Waals surface area contributed by atoms with E-state index in [1.807, 2.05) is 12.1 Å². The molecule has 1 aromatic rings. The van der Waals surface area contributed by atoms with Crippen LogP contribution in [0.15, 0.2) is 22.9 Å². The van der Waals surface area contributed by atoms with Gasteiger partial charge in [-0.05, 0) is 33.6 Å². The summed E-state index contributed by atoms with van der Waals surface area (Å²) in [6, 6.07) is 3.64. The molecule has 1 aliphatic heterocycles. The van der Waals surface area contributed by atoms with Crippen LogP contribution in [-0.2, 0) is 0 Å². The predicted molar refractivity (Wildman–Crippen MR) is 79.6 cm³/mol. The molecule has 0 spiro atoms. The van der Waals surface area contributed by atoms with Gasteiger partial charge in [-0.2, -0.15) is 0 Å². The first-order valence-corrected chi connectivity index (χ1v) is 6.23. The summed E-state index contributed by atoms with van der Waals surface area (Å²) in [5, 5.41) is 3.27. The number of hydrogen-bond donors (Lipinski definition) is 1. The lowest BCUT2D eigenvalue weighted by atomic mass is 10.1. The third kappa shape index (κ3) is 4.63. The number of alkyl halides is 1. The highest BCUT2D eigenvalue weighted by atomic mass is 79.9. The van der Waals surface area contributed by atoms with Crippen LogP contribution in [-0.4, -0.2) is 42.7 Å². The summed E-state index contributed by atoms with van der Waals surface area (Å²) in [4.78, 5) is 6.24. The van der Waals surface area contributed by atoms with Crippen LogP contribution in [0.5, 0.6) is 0 Å². The van der Waals surface area contributed by atoms with Crippen molar-refractivity contribution in [3.8, 4) is 0 Å². The zero-order valence-corrected chi connectivity index (χ0v) is 13.0. The van der Waals surface area contributed by atoms with Gasteiger partial charge in [-0.15, -0.1) is 24.8 Å². The second-order valence-corrected chi connectivity index (χ2v) is 4.68. The van der Waals surface area contributed by atoms with Gasteiger partial charge < -0.3 is 5.32 Å². The monoisotopic (exact) mass is 359 g/mol. The van der Waals surface area contributed by atoms with Gasteiger partial charge in [0.15, 0.2) is 0 Å². The van der Waals surface area contributed by atoms with Crippen molar-refractivity contribution in [2.45, 2.75) is 6.04 Å². The van der Waals surface area contributed by atoms with E-state index >= 15 is 0 Å². The minimum atomic E-state index is -0.351. The van der Waals surface area contributed by atoms with Crippen molar-refractivity contribution in [1.82, 2.24) is 15.2 Å². The standard InChI is InChI=1S/C11H15BrFN3.2ClH/c12-11-7-9(1-2-15-11)10(8-13)16-5-3-14-4-6-16;;/h1-2,7,10,14H,3-6,8H2;2*1H/t10-;;/m0../s1. The van der Waals surface area contributed by atoms with Gasteiger partial charge >= 0.3 is 0 Å². The first-order chi connectivity index (χ1) is 7.81. The molecule has 104 valence electrons. The molecule has 1 fully saturated rings. The van der Waals surface area contributed by atoms with Crippen molar-refractivity contribution in [1.29, 1.82) is 0 Å². The molecule has 1 aliphatic rings. The van der Waals surface area contributed by atoms with Crippen LogP contribution in [0.3, 0.4) is 0 Å². The van der Waals surface area contributed by atoms with Gasteiger partial charge in [-0.1, -0.05) is 0 Å². The lowest BCUT2D eigenvalue weighted by Crippen LogP contribution is -2.45. The molecule has 1 aromatic heterocycles. The fraction of sp³-hybridized carbons (Fsp3) is 0.545. The summed E-state index contributed by atoms with van der Waals surface area (Å²) in [5.74, 6) is 0. The zero-order chi connectivity index (χ0) is 11.4. The minimum Gasteiger partial charge on any atom is -0.314 e. The molecular weight excluding hydrogens is 344 g/mol. The molecule has 0 amide bonds. The van der Waals surface area contributed by atoms with Crippen molar-refractivity contribution < 1.29 is 4.39 Å². The third-order valence-corrected chi connectivity index (χ3v) is 3.31. The highest BCUT2D eigenvalue weighted by molar-refractivity contribution is 9.10. The maximum Gasteiger partial charge on any atom is 0.109 e. The molecule has 3 nitrogen and oxygen atoms in total. The normalized spacial score (nSPS) is 17.4. The average molecular weight is 361 g/mol. The summed E-state index contributed by atoms with van der Waals surface area (Å²) in [7, 11) is 0. The Bertz CT molecular complexity index is 351. The number of hydrogen-bond acceptors (Lipinski definition) is 3. The lowest BCUT2D eigenvalue weighted by Gasteiger charge is -2.33. The molecule has 1 saturated heterocycles. The van der Waals surface area contributed by atoms with Crippen LogP contribution in [0.4, 0.5) is 4.39 Å². The maximum atomic E-state index is 13.2. The number of aromatic nitrogens is 1. The van der Waals surface area contributed by atoms with Crippen molar-refractivity contribution in [3.05, 3.63) is 28.5 Å². The van der Waals surface area contributed by atoms with Gasteiger partial charge in [0.1, 0.15) is 11.3 Å². The SMILES string of the molecule is Cl.Cl.FC[C@@H](c1ccnc(Br)c1)N1CCNCC1. The first kappa shape index (κ1) is 18.1. The molecule has 1 N–H and O–H groups in total. The number of nitrogens with one attached hydrogen (secondary N) is 1. The Morgan fingerprint density at radius 3 is 2.61 bits per heavy atom. The molecule has 2 heterocycles. The average Bonchev–Trinajstić information content (AvgIpc) is 2.31. The van der Waals surface area contributed by atoms with Crippen LogP contribution in [0, 0.1) is 0 Å². The number of halogens is 4. The molecule has 7 heteroatoms. The summed E-state index contributed by atoms with van der Waals surface area (Å²) < 4.78 is 13.9. The van der Waals surface area contributed by atoms with E-state index in [0.29, 0.717) is 0 Å². The quantitative estimate of drug-likeness (QED) is 0.840. The predicted octanol–water partition coefficient (Wildman–Crippen LogP) is 2.60. The molecule has 2 rings (SSSR count). The summed E-state index contributed by atoms with van der Waals surface area (Å²) in [5.41, 5.74) is 0.992. The Morgan fingerprint density at radius 1 is 1.39 bits per heavy atom. The molecule has 0 unspecified atom stereocenters. The smallest absolute Gasteiger partial charge is 0.109 e. The molecule has 18 heavy (non-hydrogen) atoms. The van der Waals surface area contributed by atoms with E-state index in [-0.39, 0.29) is 37.5 Å². The number of rotatable bonds is 3. The fourth-order valence-corrected chi connectivity index (χ4v) is 2.40. The van der Waals surface area contributed by atoms with E-state index in [4.69, 9.17) is 0 Å². The molecule has 1 atom stereocenters. The Kier molecular flexibility index (Phi) is 9.07. The van der Waals surface area contributed by atoms with Gasteiger partial charge in [0.2, 0.25) is 0 Å². The molecular formula is C11H17BrCl2FN3. The molecule has 0 radical (unpaired) electrons. The van der Waals surface area contributed by atoms with E-state index < -0.39 is 0 Å². The van der Waals surface area contributed by atoms with E-state index in [0.717, 1.165) is 36.3 Å². The fourth-order valence-electron chi connectivity index (χ4n) is 2.02. The van der Waals surface area contributed by atoms with E-state index in [9.17, 15) is 4.39 Å². The van der Waals surface area contributed by atoms with Crippen LogP contribution in [0.25, 0.3) is 0 Å². The molecule has 0 saturated carbocycles. The van der Waals surface area contributed by atoms with Crippen LogP contribution >= 0.6 is 40.7 Å². The van der Waals surface area contributed by atoms with Crippen molar-refractivity contribution in [2.75, 3.05) is 32.9 Å². The van der Waals surface area contributed by atoms with Crippen LogP contribution < -0.4 is 5.32 Å². The highest BCUT2D eigenvalue weighted by Gasteiger charge is 2.22. The first-order valence-electron chi connectivity index (χ1n) is 5.43. The molecule has 0 aromatic carbocycles. The zero-order valence-electron chi connectivity index (χ0n) is 9.81. The second kappa shape index (κ2) is 9.04. The van der Waals surface area contributed by atoms with Crippen LogP contribution in [0.2, 0.25) is 0 Å². The van der Waals surface area contributed by atoms with E-state index in [2.05, 4.69) is 31.1 Å². The lowest BCUT2D eigenvalue weighted by molar-refractivity contribution is 0.147. The Hall–Kier alpha value is 0.0600. The Morgan fingerprint density at radius 2 is 2.06 bits per heavy atom. The van der Waals surface area contributed by atoms with E-state index in [1.54, 1.807) is 6.20 Å². The minimum absolute atomic E-state index is 0. The highest BCUT2D eigenvalue weighted by Crippen LogP contribution is 2.23. The molecule has 0 aliphatic carbocycles. The number of piperazine rings is 1. The molecule has 0 bridgehead atoms. The van der Waals surface area contributed by atoms with E-state index in [1.165, 1.54) is 0 Å². The maximum absolute atomic E-state index is 13.2. The van der Waals surface area contributed by atoms with Crippen molar-refractivity contribution >= 4 is 40.7 Å². The Balaban J connectivity index is 0.00000144. The van der Waals surface area contributed by atoms with Crippen molar-refractivity contribution in [2.24, 2.45) is 0 Å². The summed E-state index contributed by atoms with van der Waals surface area (Å²) in [6.07, 6.45) is 1.71. The second-order valence-electron chi connectivity index (χ2n) is 3.87. The van der Waals surface area contributed by atoms with Gasteiger partial charge in [-0.3, -0.25) is 4.90 Å². The van der Waals surface area contributed by atoms with Gasteiger partial charge in [0, 0.05) is 32.4 Å². The number of nitrogens with zero attached hydrogens (tertiary/aromatic N) is 2. The van der Waals surface area contributed by atoms with Gasteiger partial charge in [0.05, 0.1) is 6.04 Å². The Labute approximate surface area is 127 Å². The number of pyridine rings is 1. The topological polar surface area (TPSA) is 28.2 Å². The summed E-state index contributed by atoms with van der Waals surface area (Å²) in [6.45, 7) is 3.31. The van der Waals surface area contributed by atoms with Crippen molar-refractivity contribution in [3.63, 3.8) is 0 Å². The largest absolute Gasteiger partial charge is 0.314 e. The van der Waals surface area contributed by atoms with Gasteiger partial charge in [0.25, 0.3) is 0 Å². The van der Waals surface area contributed by atoms with Gasteiger partial charge in [-0.25, -0.2) is 9.37 Å².